The molecule has 1 aromatic heterocycles. The van der Waals surface area contributed by atoms with Crippen LogP contribution < -0.4 is 5.32 Å². The molecule has 0 aliphatic carbocycles. The van der Waals surface area contributed by atoms with E-state index in [1.807, 2.05) is 27.9 Å². The van der Waals surface area contributed by atoms with Crippen molar-refractivity contribution in [2.45, 2.75) is 39.7 Å². The number of aromatic nitrogens is 1. The largest absolute Gasteiger partial charge is 0.361 e. The van der Waals surface area contributed by atoms with Gasteiger partial charge < -0.3 is 14.7 Å². The average Bonchev–Trinajstić information content (AvgIpc) is 2.85. The summed E-state index contributed by atoms with van der Waals surface area (Å²) in [5, 5.41) is 6.97. The third-order valence-electron chi connectivity index (χ3n) is 4.36. The molecule has 0 unspecified atom stereocenters. The van der Waals surface area contributed by atoms with Crippen molar-refractivity contribution < 1.29 is 9.32 Å². The standard InChI is InChI=1S/C19H27N3O2/c1-13-6-8-16(9-7-13)18(22(4)5)12-20-19(23)11-10-17-14(2)21-24-15(17)3/h6-9,18H,10-12H2,1-5H3,(H,20,23)/t18-/m0/s1. The first-order valence-electron chi connectivity index (χ1n) is 8.30. The smallest absolute Gasteiger partial charge is 0.220 e. The molecule has 2 aromatic rings. The van der Waals surface area contributed by atoms with E-state index in [0.717, 1.165) is 17.0 Å². The van der Waals surface area contributed by atoms with E-state index in [9.17, 15) is 4.79 Å². The van der Waals surface area contributed by atoms with Crippen LogP contribution in [-0.2, 0) is 11.2 Å². The molecule has 0 fully saturated rings. The fraction of sp³-hybridized carbons (Fsp3) is 0.474. The highest BCUT2D eigenvalue weighted by atomic mass is 16.5. The van der Waals surface area contributed by atoms with Crippen LogP contribution in [-0.4, -0.2) is 36.6 Å². The average molecular weight is 329 g/mol. The predicted octanol–water partition coefficient (Wildman–Crippen LogP) is 2.95. The molecule has 24 heavy (non-hydrogen) atoms. The summed E-state index contributed by atoms with van der Waals surface area (Å²) in [5.74, 6) is 0.847. The summed E-state index contributed by atoms with van der Waals surface area (Å²) in [6.07, 6.45) is 1.10. The molecule has 0 saturated carbocycles. The molecule has 2 rings (SSSR count). The molecule has 1 amide bonds. The number of hydrogen-bond donors (Lipinski definition) is 1. The highest BCUT2D eigenvalue weighted by Crippen LogP contribution is 2.18. The Kier molecular flexibility index (Phi) is 6.15. The van der Waals surface area contributed by atoms with Gasteiger partial charge in [0.15, 0.2) is 0 Å². The molecular weight excluding hydrogens is 302 g/mol. The normalized spacial score (nSPS) is 12.4. The van der Waals surface area contributed by atoms with Crippen LogP contribution in [0.3, 0.4) is 0 Å². The second-order valence-electron chi connectivity index (χ2n) is 6.50. The van der Waals surface area contributed by atoms with Crippen molar-refractivity contribution in [2.24, 2.45) is 0 Å². The quantitative estimate of drug-likeness (QED) is 0.848. The van der Waals surface area contributed by atoms with E-state index < -0.39 is 0 Å². The first-order chi connectivity index (χ1) is 11.4. The SMILES string of the molecule is Cc1ccc([C@H](CNC(=O)CCc2c(C)noc2C)N(C)C)cc1. The number of aryl methyl sites for hydroxylation is 3. The third-order valence-corrected chi connectivity index (χ3v) is 4.36. The fourth-order valence-electron chi connectivity index (χ4n) is 2.78. The van der Waals surface area contributed by atoms with E-state index in [-0.39, 0.29) is 11.9 Å². The van der Waals surface area contributed by atoms with E-state index in [1.165, 1.54) is 11.1 Å². The van der Waals surface area contributed by atoms with Crippen LogP contribution in [0.1, 0.15) is 40.6 Å². The molecule has 1 atom stereocenters. The van der Waals surface area contributed by atoms with Crippen LogP contribution in [0.15, 0.2) is 28.8 Å². The lowest BCUT2D eigenvalue weighted by Gasteiger charge is -2.25. The molecule has 0 spiro atoms. The van der Waals surface area contributed by atoms with Gasteiger partial charge >= 0.3 is 0 Å². The van der Waals surface area contributed by atoms with Gasteiger partial charge in [0.25, 0.3) is 0 Å². The van der Waals surface area contributed by atoms with E-state index in [4.69, 9.17) is 4.52 Å². The minimum atomic E-state index is 0.0500. The number of benzene rings is 1. The molecular formula is C19H27N3O2. The summed E-state index contributed by atoms with van der Waals surface area (Å²) < 4.78 is 5.14. The summed E-state index contributed by atoms with van der Waals surface area (Å²) in [7, 11) is 4.06. The molecule has 0 radical (unpaired) electrons. The molecule has 1 N–H and O–H groups in total. The van der Waals surface area contributed by atoms with Crippen LogP contribution in [0, 0.1) is 20.8 Å². The number of carbonyl (C=O) groups is 1. The van der Waals surface area contributed by atoms with Crippen molar-refractivity contribution in [2.75, 3.05) is 20.6 Å². The Labute approximate surface area is 144 Å². The van der Waals surface area contributed by atoms with Crippen molar-refractivity contribution >= 4 is 5.91 Å². The molecule has 130 valence electrons. The van der Waals surface area contributed by atoms with Crippen molar-refractivity contribution in [1.29, 1.82) is 0 Å². The Bertz CT molecular complexity index is 655. The van der Waals surface area contributed by atoms with Crippen molar-refractivity contribution in [3.8, 4) is 0 Å². The summed E-state index contributed by atoms with van der Waals surface area (Å²) >= 11 is 0. The van der Waals surface area contributed by atoms with Crippen molar-refractivity contribution in [3.05, 3.63) is 52.4 Å². The maximum atomic E-state index is 12.2. The first-order valence-corrected chi connectivity index (χ1v) is 8.30. The van der Waals surface area contributed by atoms with Gasteiger partial charge in [-0.3, -0.25) is 4.79 Å². The van der Waals surface area contributed by atoms with Gasteiger partial charge in [-0.15, -0.1) is 0 Å². The Morgan fingerprint density at radius 1 is 1.21 bits per heavy atom. The van der Waals surface area contributed by atoms with Crippen LogP contribution in [0.5, 0.6) is 0 Å². The minimum Gasteiger partial charge on any atom is -0.361 e. The zero-order valence-electron chi connectivity index (χ0n) is 15.2. The highest BCUT2D eigenvalue weighted by molar-refractivity contribution is 5.76. The predicted molar refractivity (Wildman–Crippen MR) is 94.9 cm³/mol. The first kappa shape index (κ1) is 18.2. The van der Waals surface area contributed by atoms with Gasteiger partial charge in [-0.05, 0) is 46.9 Å². The summed E-state index contributed by atoms with van der Waals surface area (Å²) in [5.41, 5.74) is 4.34. The molecule has 0 saturated heterocycles. The maximum Gasteiger partial charge on any atom is 0.220 e. The number of rotatable bonds is 7. The van der Waals surface area contributed by atoms with E-state index in [2.05, 4.69) is 46.6 Å². The molecule has 0 aliphatic heterocycles. The Balaban J connectivity index is 1.89. The van der Waals surface area contributed by atoms with Gasteiger partial charge in [0.1, 0.15) is 5.76 Å². The molecule has 1 aromatic carbocycles. The molecule has 0 bridgehead atoms. The Morgan fingerprint density at radius 3 is 2.42 bits per heavy atom. The van der Waals surface area contributed by atoms with Crippen molar-refractivity contribution in [1.82, 2.24) is 15.4 Å². The van der Waals surface area contributed by atoms with Gasteiger partial charge in [0.05, 0.1) is 11.7 Å². The topological polar surface area (TPSA) is 58.4 Å². The maximum absolute atomic E-state index is 12.2. The van der Waals surface area contributed by atoms with Gasteiger partial charge in [-0.2, -0.15) is 0 Å². The summed E-state index contributed by atoms with van der Waals surface area (Å²) in [6.45, 7) is 6.46. The summed E-state index contributed by atoms with van der Waals surface area (Å²) in [4.78, 5) is 14.3. The molecule has 1 heterocycles. The lowest BCUT2D eigenvalue weighted by Crippen LogP contribution is -2.34. The second kappa shape index (κ2) is 8.11. The number of nitrogens with zero attached hydrogens (tertiary/aromatic N) is 2. The number of hydrogen-bond acceptors (Lipinski definition) is 4. The molecule has 5 heteroatoms. The number of amides is 1. The number of carbonyl (C=O) groups excluding carboxylic acids is 1. The highest BCUT2D eigenvalue weighted by Gasteiger charge is 2.16. The zero-order chi connectivity index (χ0) is 17.7. The number of nitrogens with one attached hydrogen (secondary N) is 1. The van der Waals surface area contributed by atoms with Gasteiger partial charge in [-0.25, -0.2) is 0 Å². The summed E-state index contributed by atoms with van der Waals surface area (Å²) in [6, 6.07) is 8.61. The van der Waals surface area contributed by atoms with Crippen LogP contribution in [0.4, 0.5) is 0 Å². The fourth-order valence-corrected chi connectivity index (χ4v) is 2.78. The van der Waals surface area contributed by atoms with Gasteiger partial charge in [-0.1, -0.05) is 35.0 Å². The van der Waals surface area contributed by atoms with Gasteiger partial charge in [0, 0.05) is 18.5 Å². The van der Waals surface area contributed by atoms with E-state index in [1.54, 1.807) is 0 Å². The lowest BCUT2D eigenvalue weighted by atomic mass is 10.0. The molecule has 5 nitrogen and oxygen atoms in total. The van der Waals surface area contributed by atoms with E-state index >= 15 is 0 Å². The monoisotopic (exact) mass is 329 g/mol. The van der Waals surface area contributed by atoms with E-state index in [0.29, 0.717) is 19.4 Å². The Morgan fingerprint density at radius 2 is 1.88 bits per heavy atom. The van der Waals surface area contributed by atoms with Crippen LogP contribution in [0.2, 0.25) is 0 Å². The Hall–Kier alpha value is -2.14. The van der Waals surface area contributed by atoms with Crippen LogP contribution >= 0.6 is 0 Å². The lowest BCUT2D eigenvalue weighted by molar-refractivity contribution is -0.121. The number of likely N-dealkylation sites (N-methyl/N-ethyl adjacent to an activating group) is 1. The zero-order valence-corrected chi connectivity index (χ0v) is 15.2. The van der Waals surface area contributed by atoms with Crippen LogP contribution in [0.25, 0.3) is 0 Å². The van der Waals surface area contributed by atoms with Crippen molar-refractivity contribution in [3.63, 3.8) is 0 Å². The molecule has 0 aliphatic rings. The van der Waals surface area contributed by atoms with Gasteiger partial charge in [0.2, 0.25) is 5.91 Å². The second-order valence-corrected chi connectivity index (χ2v) is 6.50. The third kappa shape index (κ3) is 4.68. The minimum absolute atomic E-state index is 0.0500.